The standard InChI is InChI=1S/C18H36N4O2/c1-21(2)13-9-19(10-14-21)17(23)7-5-6-8-18(24)20-11-15-22(3,4)16-12-20/h5-16H2,1-4H3/q+2. The van der Waals surface area contributed by atoms with Crippen molar-refractivity contribution in [3.05, 3.63) is 0 Å². The SMILES string of the molecule is C[N+]1(C)CCN(C(=O)CCCCC(=O)N2CC[N+](C)(C)CC2)CC1. The molecule has 0 saturated carbocycles. The molecule has 2 amide bonds. The summed E-state index contributed by atoms with van der Waals surface area (Å²) < 4.78 is 2.01. The van der Waals surface area contributed by atoms with Crippen LogP contribution in [0.25, 0.3) is 0 Å². The average Bonchev–Trinajstić information content (AvgIpc) is 2.51. The van der Waals surface area contributed by atoms with Crippen molar-refractivity contribution in [2.24, 2.45) is 0 Å². The zero-order valence-electron chi connectivity index (χ0n) is 16.1. The first-order chi connectivity index (χ1) is 11.2. The molecule has 0 radical (unpaired) electrons. The van der Waals surface area contributed by atoms with Crippen LogP contribution >= 0.6 is 0 Å². The molecule has 2 fully saturated rings. The Bertz CT molecular complexity index is 400. The number of unbranched alkanes of at least 4 members (excludes halogenated alkanes) is 1. The Morgan fingerprint density at radius 3 is 1.25 bits per heavy atom. The molecule has 2 saturated heterocycles. The van der Waals surface area contributed by atoms with Crippen molar-refractivity contribution in [1.82, 2.24) is 9.80 Å². The molecule has 0 aromatic heterocycles. The van der Waals surface area contributed by atoms with Gasteiger partial charge in [-0.1, -0.05) is 0 Å². The van der Waals surface area contributed by atoms with E-state index in [0.29, 0.717) is 12.8 Å². The lowest BCUT2D eigenvalue weighted by atomic mass is 10.1. The number of rotatable bonds is 5. The lowest BCUT2D eigenvalue weighted by Gasteiger charge is -2.39. The highest BCUT2D eigenvalue weighted by atomic mass is 16.2. The lowest BCUT2D eigenvalue weighted by molar-refractivity contribution is -0.894. The number of piperazine rings is 2. The summed E-state index contributed by atoms with van der Waals surface area (Å²) in [7, 11) is 8.87. The summed E-state index contributed by atoms with van der Waals surface area (Å²) in [6.45, 7) is 7.61. The summed E-state index contributed by atoms with van der Waals surface area (Å²) in [6.07, 6.45) is 2.83. The molecule has 6 heteroatoms. The zero-order chi connectivity index (χ0) is 17.8. The van der Waals surface area contributed by atoms with Gasteiger partial charge in [0.15, 0.2) is 0 Å². The van der Waals surface area contributed by atoms with Crippen LogP contribution < -0.4 is 0 Å². The molecule has 2 aliphatic heterocycles. The molecule has 138 valence electrons. The van der Waals surface area contributed by atoms with E-state index in [1.54, 1.807) is 0 Å². The number of likely N-dealkylation sites (N-methyl/N-ethyl adjacent to an activating group) is 2. The van der Waals surface area contributed by atoms with Gasteiger partial charge < -0.3 is 18.8 Å². The Morgan fingerprint density at radius 1 is 0.667 bits per heavy atom. The smallest absolute Gasteiger partial charge is 0.222 e. The molecule has 0 aliphatic carbocycles. The third-order valence-corrected chi connectivity index (χ3v) is 5.64. The highest BCUT2D eigenvalue weighted by Crippen LogP contribution is 2.12. The number of hydrogen-bond acceptors (Lipinski definition) is 2. The second-order valence-corrected chi connectivity index (χ2v) is 8.73. The monoisotopic (exact) mass is 340 g/mol. The zero-order valence-corrected chi connectivity index (χ0v) is 16.1. The third-order valence-electron chi connectivity index (χ3n) is 5.64. The van der Waals surface area contributed by atoms with Crippen LogP contribution in [0.5, 0.6) is 0 Å². The Morgan fingerprint density at radius 2 is 0.958 bits per heavy atom. The van der Waals surface area contributed by atoms with E-state index in [0.717, 1.165) is 74.2 Å². The van der Waals surface area contributed by atoms with Gasteiger partial charge in [-0.3, -0.25) is 9.59 Å². The summed E-state index contributed by atoms with van der Waals surface area (Å²) in [5.41, 5.74) is 0. The summed E-state index contributed by atoms with van der Waals surface area (Å²) >= 11 is 0. The van der Waals surface area contributed by atoms with Crippen LogP contribution in [0.2, 0.25) is 0 Å². The number of nitrogens with zero attached hydrogens (tertiary/aromatic N) is 4. The second-order valence-electron chi connectivity index (χ2n) is 8.73. The average molecular weight is 341 g/mol. The summed E-state index contributed by atoms with van der Waals surface area (Å²) in [4.78, 5) is 28.5. The first-order valence-corrected chi connectivity index (χ1v) is 9.38. The molecular weight excluding hydrogens is 304 g/mol. The molecule has 0 bridgehead atoms. The van der Waals surface area contributed by atoms with Crippen molar-refractivity contribution in [3.63, 3.8) is 0 Å². The maximum Gasteiger partial charge on any atom is 0.222 e. The number of carbonyl (C=O) groups excluding carboxylic acids is 2. The van der Waals surface area contributed by atoms with Crippen LogP contribution in [0.15, 0.2) is 0 Å². The molecule has 0 spiro atoms. The Balaban J connectivity index is 1.59. The topological polar surface area (TPSA) is 40.6 Å². The summed E-state index contributed by atoms with van der Waals surface area (Å²) in [6, 6.07) is 0. The molecule has 0 unspecified atom stereocenters. The molecule has 2 rings (SSSR count). The predicted molar refractivity (Wildman–Crippen MR) is 95.3 cm³/mol. The van der Waals surface area contributed by atoms with Crippen molar-refractivity contribution in [2.75, 3.05) is 80.5 Å². The van der Waals surface area contributed by atoms with Crippen molar-refractivity contribution in [1.29, 1.82) is 0 Å². The normalized spacial score (nSPS) is 23.2. The van der Waals surface area contributed by atoms with Crippen LogP contribution in [0.1, 0.15) is 25.7 Å². The van der Waals surface area contributed by atoms with E-state index < -0.39 is 0 Å². The molecule has 2 heterocycles. The van der Waals surface area contributed by atoms with Gasteiger partial charge in [-0.2, -0.15) is 0 Å². The highest BCUT2D eigenvalue weighted by molar-refractivity contribution is 5.77. The van der Waals surface area contributed by atoms with Crippen molar-refractivity contribution in [3.8, 4) is 0 Å². The summed E-state index contributed by atoms with van der Waals surface area (Å²) in [5.74, 6) is 0.526. The number of quaternary nitrogens is 2. The minimum atomic E-state index is 0.263. The van der Waals surface area contributed by atoms with Crippen LogP contribution in [-0.2, 0) is 9.59 Å². The highest BCUT2D eigenvalue weighted by Gasteiger charge is 2.28. The number of carbonyl (C=O) groups is 2. The van der Waals surface area contributed by atoms with Crippen LogP contribution in [-0.4, -0.2) is 111 Å². The van der Waals surface area contributed by atoms with Crippen LogP contribution in [0, 0.1) is 0 Å². The predicted octanol–water partition coefficient (Wildman–Crippen LogP) is 0.384. The van der Waals surface area contributed by atoms with E-state index in [2.05, 4.69) is 28.2 Å². The van der Waals surface area contributed by atoms with Crippen molar-refractivity contribution >= 4 is 11.8 Å². The maximum atomic E-state index is 12.2. The summed E-state index contributed by atoms with van der Waals surface area (Å²) in [5, 5.41) is 0. The van der Waals surface area contributed by atoms with E-state index >= 15 is 0 Å². The number of hydrogen-bond donors (Lipinski definition) is 0. The minimum Gasteiger partial charge on any atom is -0.331 e. The van der Waals surface area contributed by atoms with Gasteiger partial charge in [0.25, 0.3) is 0 Å². The second kappa shape index (κ2) is 7.83. The molecule has 0 atom stereocenters. The molecule has 0 aromatic carbocycles. The van der Waals surface area contributed by atoms with Crippen molar-refractivity contribution in [2.45, 2.75) is 25.7 Å². The fourth-order valence-corrected chi connectivity index (χ4v) is 3.38. The Hall–Kier alpha value is -1.14. The molecule has 0 aromatic rings. The minimum absolute atomic E-state index is 0.263. The lowest BCUT2D eigenvalue weighted by Crippen LogP contribution is -2.56. The van der Waals surface area contributed by atoms with E-state index in [1.807, 2.05) is 9.80 Å². The van der Waals surface area contributed by atoms with E-state index in [1.165, 1.54) is 0 Å². The molecule has 0 N–H and O–H groups in total. The maximum absolute atomic E-state index is 12.2. The number of amides is 2. The quantitative estimate of drug-likeness (QED) is 0.536. The van der Waals surface area contributed by atoms with Gasteiger partial charge >= 0.3 is 0 Å². The first-order valence-electron chi connectivity index (χ1n) is 9.38. The van der Waals surface area contributed by atoms with Crippen LogP contribution in [0.3, 0.4) is 0 Å². The molecular formula is C18H36N4O2+2. The largest absolute Gasteiger partial charge is 0.331 e. The van der Waals surface area contributed by atoms with Crippen LogP contribution in [0.4, 0.5) is 0 Å². The van der Waals surface area contributed by atoms with Gasteiger partial charge in [0.1, 0.15) is 0 Å². The van der Waals surface area contributed by atoms with Gasteiger partial charge in [0, 0.05) is 12.8 Å². The van der Waals surface area contributed by atoms with Gasteiger partial charge in [-0.05, 0) is 12.8 Å². The third kappa shape index (κ3) is 5.74. The van der Waals surface area contributed by atoms with Gasteiger partial charge in [0.05, 0.1) is 80.5 Å². The van der Waals surface area contributed by atoms with Gasteiger partial charge in [-0.25, -0.2) is 0 Å². The molecule has 2 aliphatic rings. The van der Waals surface area contributed by atoms with E-state index in [9.17, 15) is 9.59 Å². The van der Waals surface area contributed by atoms with Gasteiger partial charge in [-0.15, -0.1) is 0 Å². The molecule has 24 heavy (non-hydrogen) atoms. The Kier molecular flexibility index (Phi) is 6.26. The molecule has 6 nitrogen and oxygen atoms in total. The van der Waals surface area contributed by atoms with Gasteiger partial charge in [0.2, 0.25) is 11.8 Å². The fourth-order valence-electron chi connectivity index (χ4n) is 3.38. The van der Waals surface area contributed by atoms with E-state index in [-0.39, 0.29) is 11.8 Å². The van der Waals surface area contributed by atoms with E-state index in [4.69, 9.17) is 0 Å². The first kappa shape index (κ1) is 19.2. The van der Waals surface area contributed by atoms with Crippen molar-refractivity contribution < 1.29 is 18.6 Å². The Labute approximate surface area is 147 Å². The fraction of sp³-hybridized carbons (Fsp3) is 0.889.